The SMILES string of the molecule is CCC(O)(CN)CCCSCC1CCCC1. The van der Waals surface area contributed by atoms with Crippen molar-refractivity contribution in [2.45, 2.75) is 57.5 Å². The van der Waals surface area contributed by atoms with E-state index in [1.807, 2.05) is 6.92 Å². The van der Waals surface area contributed by atoms with Gasteiger partial charge in [0, 0.05) is 6.54 Å². The van der Waals surface area contributed by atoms with E-state index in [1.165, 1.54) is 37.2 Å². The summed E-state index contributed by atoms with van der Waals surface area (Å²) in [6, 6.07) is 0. The lowest BCUT2D eigenvalue weighted by molar-refractivity contribution is 0.0360. The topological polar surface area (TPSA) is 46.2 Å². The molecule has 0 heterocycles. The molecule has 0 aromatic carbocycles. The van der Waals surface area contributed by atoms with Gasteiger partial charge in [0.1, 0.15) is 0 Å². The average Bonchev–Trinajstić information content (AvgIpc) is 2.81. The van der Waals surface area contributed by atoms with E-state index in [2.05, 4.69) is 11.8 Å². The van der Waals surface area contributed by atoms with E-state index in [-0.39, 0.29) is 0 Å². The normalized spacial score (nSPS) is 21.2. The first kappa shape index (κ1) is 14.3. The quantitative estimate of drug-likeness (QED) is 0.646. The van der Waals surface area contributed by atoms with Crippen molar-refractivity contribution in [1.29, 1.82) is 0 Å². The first-order valence-electron chi connectivity index (χ1n) is 6.70. The van der Waals surface area contributed by atoms with E-state index < -0.39 is 5.60 Å². The van der Waals surface area contributed by atoms with Crippen LogP contribution in [0.15, 0.2) is 0 Å². The number of thioether (sulfide) groups is 1. The van der Waals surface area contributed by atoms with E-state index >= 15 is 0 Å². The Hall–Kier alpha value is 0.270. The van der Waals surface area contributed by atoms with Gasteiger partial charge in [-0.15, -0.1) is 0 Å². The highest BCUT2D eigenvalue weighted by Gasteiger charge is 2.21. The van der Waals surface area contributed by atoms with Gasteiger partial charge in [0.25, 0.3) is 0 Å². The summed E-state index contributed by atoms with van der Waals surface area (Å²) in [5.41, 5.74) is 4.97. The molecule has 0 spiro atoms. The second kappa shape index (κ2) is 7.57. The molecule has 2 nitrogen and oxygen atoms in total. The van der Waals surface area contributed by atoms with Crippen LogP contribution in [0.4, 0.5) is 0 Å². The zero-order valence-electron chi connectivity index (χ0n) is 10.6. The molecule has 0 aliphatic heterocycles. The molecule has 0 aromatic rings. The summed E-state index contributed by atoms with van der Waals surface area (Å²) in [5.74, 6) is 3.48. The number of hydrogen-bond donors (Lipinski definition) is 2. The lowest BCUT2D eigenvalue weighted by Crippen LogP contribution is -2.36. The van der Waals surface area contributed by atoms with Gasteiger partial charge in [0.15, 0.2) is 0 Å². The third-order valence-corrected chi connectivity index (χ3v) is 5.08. The lowest BCUT2D eigenvalue weighted by atomic mass is 9.95. The molecule has 0 saturated heterocycles. The Labute approximate surface area is 104 Å². The summed E-state index contributed by atoms with van der Waals surface area (Å²) in [5, 5.41) is 10.0. The van der Waals surface area contributed by atoms with Crippen molar-refractivity contribution in [3.63, 3.8) is 0 Å². The molecule has 1 unspecified atom stereocenters. The highest BCUT2D eigenvalue weighted by atomic mass is 32.2. The smallest absolute Gasteiger partial charge is 0.0767 e. The molecule has 3 heteroatoms. The molecule has 96 valence electrons. The first-order chi connectivity index (χ1) is 7.70. The van der Waals surface area contributed by atoms with Crippen molar-refractivity contribution in [2.75, 3.05) is 18.1 Å². The van der Waals surface area contributed by atoms with Crippen LogP contribution in [0.25, 0.3) is 0 Å². The van der Waals surface area contributed by atoms with Crippen molar-refractivity contribution in [1.82, 2.24) is 0 Å². The minimum Gasteiger partial charge on any atom is -0.389 e. The van der Waals surface area contributed by atoms with Crippen LogP contribution < -0.4 is 5.73 Å². The largest absolute Gasteiger partial charge is 0.389 e. The van der Waals surface area contributed by atoms with Crippen molar-refractivity contribution in [2.24, 2.45) is 11.7 Å². The van der Waals surface area contributed by atoms with Crippen LogP contribution in [0.5, 0.6) is 0 Å². The number of aliphatic hydroxyl groups is 1. The van der Waals surface area contributed by atoms with Gasteiger partial charge in [-0.25, -0.2) is 0 Å². The number of nitrogens with two attached hydrogens (primary N) is 1. The van der Waals surface area contributed by atoms with Crippen LogP contribution in [0, 0.1) is 5.92 Å². The molecule has 3 N–H and O–H groups in total. The van der Waals surface area contributed by atoms with Crippen LogP contribution in [0.1, 0.15) is 51.9 Å². The summed E-state index contributed by atoms with van der Waals surface area (Å²) in [4.78, 5) is 0. The average molecular weight is 245 g/mol. The zero-order chi connectivity index (χ0) is 11.9. The fourth-order valence-corrected chi connectivity index (χ4v) is 3.54. The van der Waals surface area contributed by atoms with Crippen LogP contribution in [0.3, 0.4) is 0 Å². The van der Waals surface area contributed by atoms with E-state index in [9.17, 15) is 5.11 Å². The molecular formula is C13H27NOS. The molecule has 1 aliphatic carbocycles. The predicted molar refractivity (Wildman–Crippen MR) is 72.8 cm³/mol. The van der Waals surface area contributed by atoms with Gasteiger partial charge < -0.3 is 10.8 Å². The summed E-state index contributed by atoms with van der Waals surface area (Å²) < 4.78 is 0. The maximum atomic E-state index is 10.0. The van der Waals surface area contributed by atoms with Gasteiger partial charge in [0.05, 0.1) is 5.60 Å². The second-order valence-corrected chi connectivity index (χ2v) is 6.26. The summed E-state index contributed by atoms with van der Waals surface area (Å²) in [6.07, 6.45) is 8.48. The molecule has 1 rings (SSSR count). The third kappa shape index (κ3) is 5.07. The molecular weight excluding hydrogens is 218 g/mol. The number of hydrogen-bond acceptors (Lipinski definition) is 3. The fraction of sp³-hybridized carbons (Fsp3) is 1.00. The monoisotopic (exact) mass is 245 g/mol. The molecule has 0 radical (unpaired) electrons. The molecule has 0 aromatic heterocycles. The molecule has 1 saturated carbocycles. The van der Waals surface area contributed by atoms with Crippen molar-refractivity contribution in [3.8, 4) is 0 Å². The fourth-order valence-electron chi connectivity index (χ4n) is 2.35. The Morgan fingerprint density at radius 3 is 2.62 bits per heavy atom. The predicted octanol–water partition coefficient (Wildman–Crippen LogP) is 2.79. The van der Waals surface area contributed by atoms with Crippen molar-refractivity contribution in [3.05, 3.63) is 0 Å². The lowest BCUT2D eigenvalue weighted by Gasteiger charge is -2.24. The van der Waals surface area contributed by atoms with Gasteiger partial charge in [-0.05, 0) is 49.5 Å². The van der Waals surface area contributed by atoms with Gasteiger partial charge in [0.2, 0.25) is 0 Å². The minimum atomic E-state index is -0.603. The summed E-state index contributed by atoms with van der Waals surface area (Å²) >= 11 is 2.06. The molecule has 1 aliphatic rings. The maximum Gasteiger partial charge on any atom is 0.0767 e. The van der Waals surface area contributed by atoms with Gasteiger partial charge in [-0.1, -0.05) is 19.8 Å². The summed E-state index contributed by atoms with van der Waals surface area (Å²) in [7, 11) is 0. The Balaban J connectivity index is 1.98. The van der Waals surface area contributed by atoms with Crippen LogP contribution in [0.2, 0.25) is 0 Å². The Morgan fingerprint density at radius 1 is 1.38 bits per heavy atom. The van der Waals surface area contributed by atoms with Gasteiger partial charge >= 0.3 is 0 Å². The summed E-state index contributed by atoms with van der Waals surface area (Å²) in [6.45, 7) is 2.41. The molecule has 0 bridgehead atoms. The van der Waals surface area contributed by atoms with E-state index in [0.29, 0.717) is 6.54 Å². The van der Waals surface area contributed by atoms with Crippen LogP contribution in [-0.4, -0.2) is 28.8 Å². The third-order valence-electron chi connectivity index (χ3n) is 3.80. The van der Waals surface area contributed by atoms with Crippen LogP contribution in [-0.2, 0) is 0 Å². The van der Waals surface area contributed by atoms with Crippen molar-refractivity contribution >= 4 is 11.8 Å². The number of rotatable bonds is 8. The van der Waals surface area contributed by atoms with E-state index in [1.54, 1.807) is 0 Å². The van der Waals surface area contributed by atoms with Crippen LogP contribution >= 0.6 is 11.8 Å². The Morgan fingerprint density at radius 2 is 2.06 bits per heavy atom. The maximum absolute atomic E-state index is 10.0. The Kier molecular flexibility index (Phi) is 6.78. The Bertz CT molecular complexity index is 177. The molecule has 16 heavy (non-hydrogen) atoms. The van der Waals surface area contributed by atoms with Gasteiger partial charge in [-0.3, -0.25) is 0 Å². The standard InChI is InChI=1S/C13H27NOS/c1-2-13(15,11-14)8-5-9-16-10-12-6-3-4-7-12/h12,15H,2-11,14H2,1H3. The zero-order valence-corrected chi connectivity index (χ0v) is 11.4. The second-order valence-electron chi connectivity index (χ2n) is 5.11. The molecule has 1 atom stereocenters. The van der Waals surface area contributed by atoms with E-state index in [4.69, 9.17) is 5.73 Å². The molecule has 1 fully saturated rings. The highest BCUT2D eigenvalue weighted by molar-refractivity contribution is 7.99. The van der Waals surface area contributed by atoms with Crippen molar-refractivity contribution < 1.29 is 5.11 Å². The van der Waals surface area contributed by atoms with Gasteiger partial charge in [-0.2, -0.15) is 11.8 Å². The van der Waals surface area contributed by atoms with E-state index in [0.717, 1.165) is 25.2 Å². The molecule has 0 amide bonds. The highest BCUT2D eigenvalue weighted by Crippen LogP contribution is 2.28. The first-order valence-corrected chi connectivity index (χ1v) is 7.86. The minimum absolute atomic E-state index is 0.400.